The molecule has 28 heavy (non-hydrogen) atoms. The van der Waals surface area contributed by atoms with Gasteiger partial charge in [0.05, 0.1) is 13.0 Å². The molecule has 0 radical (unpaired) electrons. The highest BCUT2D eigenvalue weighted by Gasteiger charge is 2.37. The van der Waals surface area contributed by atoms with Crippen LogP contribution < -0.4 is 10.2 Å². The molecule has 0 bridgehead atoms. The molecule has 2 atom stereocenters. The summed E-state index contributed by atoms with van der Waals surface area (Å²) in [5.74, 6) is -1.36. The first-order valence-corrected chi connectivity index (χ1v) is 10.8. The highest BCUT2D eigenvalue weighted by Crippen LogP contribution is 2.29. The van der Waals surface area contributed by atoms with Gasteiger partial charge in [-0.2, -0.15) is 0 Å². The van der Waals surface area contributed by atoms with E-state index in [1.165, 1.54) is 32.8 Å². The molecule has 0 spiro atoms. The third kappa shape index (κ3) is 5.03. The Kier molecular flexibility index (Phi) is 7.29. The molecule has 0 aromatic carbocycles. The molecule has 2 N–H and O–H groups in total. The molecule has 3 rings (SSSR count). The van der Waals surface area contributed by atoms with Crippen LogP contribution in [-0.4, -0.2) is 54.3 Å². The molecule has 0 amide bonds. The number of ether oxygens (including phenoxy) is 1. The summed E-state index contributed by atoms with van der Waals surface area (Å²) in [6.45, 7) is 0.963. The fourth-order valence-corrected chi connectivity index (χ4v) is 4.62. The van der Waals surface area contributed by atoms with Crippen molar-refractivity contribution < 1.29 is 19.4 Å². The summed E-state index contributed by atoms with van der Waals surface area (Å²) < 4.78 is 5.55. The van der Waals surface area contributed by atoms with E-state index in [1.54, 1.807) is 12.3 Å². The van der Waals surface area contributed by atoms with E-state index in [-0.39, 0.29) is 6.04 Å². The minimum absolute atomic E-state index is 0.0612. The number of esters is 1. The molecule has 1 saturated carbocycles. The number of carbonyl (C=O) groups excluding carboxylic acids is 1. The second-order valence-corrected chi connectivity index (χ2v) is 8.57. The van der Waals surface area contributed by atoms with E-state index in [9.17, 15) is 14.7 Å². The Bertz CT molecular complexity index is 707. The first-order chi connectivity index (χ1) is 13.5. The number of pyridine rings is 1. The van der Waals surface area contributed by atoms with Gasteiger partial charge >= 0.3 is 11.9 Å². The van der Waals surface area contributed by atoms with Gasteiger partial charge < -0.3 is 20.1 Å². The maximum absolute atomic E-state index is 12.2. The van der Waals surface area contributed by atoms with Crippen LogP contribution in [0.5, 0.6) is 0 Å². The molecule has 7 nitrogen and oxygen atoms in total. The average Bonchev–Trinajstić information content (AvgIpc) is 2.96. The van der Waals surface area contributed by atoms with Crippen LogP contribution >= 0.6 is 15.9 Å². The molecule has 1 aromatic heterocycles. The second kappa shape index (κ2) is 9.69. The SMILES string of the molecule is COC(=O)c1cc(Br)cnc1N1CCC(NC2CCCCCC2)C(C(=O)O)C1. The first kappa shape index (κ1) is 21.0. The fourth-order valence-electron chi connectivity index (χ4n) is 4.29. The van der Waals surface area contributed by atoms with Gasteiger partial charge in [0.25, 0.3) is 0 Å². The van der Waals surface area contributed by atoms with Gasteiger partial charge in [-0.1, -0.05) is 25.7 Å². The van der Waals surface area contributed by atoms with E-state index in [0.717, 1.165) is 12.8 Å². The number of methoxy groups -OCH3 is 1. The van der Waals surface area contributed by atoms with Gasteiger partial charge in [0.2, 0.25) is 0 Å². The number of rotatable bonds is 5. The van der Waals surface area contributed by atoms with Crippen LogP contribution in [0.2, 0.25) is 0 Å². The lowest BCUT2D eigenvalue weighted by atomic mass is 9.90. The number of aromatic nitrogens is 1. The number of carboxylic acid groups (broad SMARTS) is 1. The predicted octanol–water partition coefficient (Wildman–Crippen LogP) is 3.22. The molecule has 2 heterocycles. The van der Waals surface area contributed by atoms with Crippen molar-refractivity contribution in [1.29, 1.82) is 0 Å². The van der Waals surface area contributed by atoms with E-state index in [4.69, 9.17) is 4.74 Å². The maximum atomic E-state index is 12.2. The van der Waals surface area contributed by atoms with Crippen LogP contribution in [0.3, 0.4) is 0 Å². The number of nitrogens with zero attached hydrogens (tertiary/aromatic N) is 2. The summed E-state index contributed by atoms with van der Waals surface area (Å²) in [6.07, 6.45) is 9.51. The molecule has 2 unspecified atom stereocenters. The Morgan fingerprint density at radius 1 is 1.25 bits per heavy atom. The molecule has 1 aromatic rings. The van der Waals surface area contributed by atoms with Gasteiger partial charge in [-0.3, -0.25) is 4.79 Å². The minimum Gasteiger partial charge on any atom is -0.481 e. The number of halogens is 1. The van der Waals surface area contributed by atoms with Crippen molar-refractivity contribution in [3.05, 3.63) is 22.3 Å². The summed E-state index contributed by atoms with van der Waals surface area (Å²) in [6, 6.07) is 2.01. The van der Waals surface area contributed by atoms with Crippen LogP contribution in [-0.2, 0) is 9.53 Å². The van der Waals surface area contributed by atoms with E-state index >= 15 is 0 Å². The summed E-state index contributed by atoms with van der Waals surface area (Å²) in [5, 5.41) is 13.5. The van der Waals surface area contributed by atoms with Gasteiger partial charge in [0.15, 0.2) is 0 Å². The fraction of sp³-hybridized carbons (Fsp3) is 0.650. The monoisotopic (exact) mass is 453 g/mol. The topological polar surface area (TPSA) is 91.8 Å². The predicted molar refractivity (Wildman–Crippen MR) is 110 cm³/mol. The standard InChI is InChI=1S/C20H28BrN3O4/c1-28-20(27)15-10-13(21)11-22-18(15)24-9-8-17(16(12-24)19(25)26)23-14-6-4-2-3-5-7-14/h10-11,14,16-17,23H,2-9,12H2,1H3,(H,25,26). The Balaban J connectivity index is 1.75. The Hall–Kier alpha value is -1.67. The zero-order chi connectivity index (χ0) is 20.1. The lowest BCUT2D eigenvalue weighted by Crippen LogP contribution is -2.55. The zero-order valence-corrected chi connectivity index (χ0v) is 17.8. The van der Waals surface area contributed by atoms with Crippen LogP contribution in [0.1, 0.15) is 55.3 Å². The summed E-state index contributed by atoms with van der Waals surface area (Å²) >= 11 is 3.33. The molecule has 1 saturated heterocycles. The molecule has 154 valence electrons. The van der Waals surface area contributed by atoms with Gasteiger partial charge in [0.1, 0.15) is 11.4 Å². The number of carbonyl (C=O) groups is 2. The van der Waals surface area contributed by atoms with Crippen LogP contribution in [0.4, 0.5) is 5.82 Å². The Morgan fingerprint density at radius 3 is 2.61 bits per heavy atom. The van der Waals surface area contributed by atoms with Crippen molar-refractivity contribution in [3.63, 3.8) is 0 Å². The Morgan fingerprint density at radius 2 is 1.96 bits per heavy atom. The smallest absolute Gasteiger partial charge is 0.341 e. The number of hydrogen-bond acceptors (Lipinski definition) is 6. The van der Waals surface area contributed by atoms with Crippen molar-refractivity contribution in [1.82, 2.24) is 10.3 Å². The number of hydrogen-bond donors (Lipinski definition) is 2. The lowest BCUT2D eigenvalue weighted by Gasteiger charge is -2.39. The van der Waals surface area contributed by atoms with Gasteiger partial charge in [-0.15, -0.1) is 0 Å². The number of carboxylic acids is 1. The summed E-state index contributed by atoms with van der Waals surface area (Å²) in [7, 11) is 1.33. The number of nitrogens with one attached hydrogen (secondary N) is 1. The van der Waals surface area contributed by atoms with Gasteiger partial charge in [-0.05, 0) is 41.3 Å². The molecule has 8 heteroatoms. The molecular weight excluding hydrogens is 426 g/mol. The van der Waals surface area contributed by atoms with E-state index in [2.05, 4.69) is 26.2 Å². The van der Waals surface area contributed by atoms with Crippen molar-refractivity contribution in [2.24, 2.45) is 5.92 Å². The van der Waals surface area contributed by atoms with Gasteiger partial charge in [0, 0.05) is 35.8 Å². The molecule has 1 aliphatic carbocycles. The number of anilines is 1. The Labute approximate surface area is 174 Å². The normalized spacial score (nSPS) is 23.9. The molecule has 2 fully saturated rings. The summed E-state index contributed by atoms with van der Waals surface area (Å²) in [5.41, 5.74) is 0.344. The van der Waals surface area contributed by atoms with Crippen LogP contribution in [0.25, 0.3) is 0 Å². The van der Waals surface area contributed by atoms with Crippen molar-refractivity contribution in [3.8, 4) is 0 Å². The van der Waals surface area contributed by atoms with Crippen LogP contribution in [0, 0.1) is 5.92 Å². The highest BCUT2D eigenvalue weighted by molar-refractivity contribution is 9.10. The van der Waals surface area contributed by atoms with Gasteiger partial charge in [-0.25, -0.2) is 9.78 Å². The minimum atomic E-state index is -0.812. The third-order valence-corrected chi connectivity index (χ3v) is 6.21. The highest BCUT2D eigenvalue weighted by atomic mass is 79.9. The summed E-state index contributed by atoms with van der Waals surface area (Å²) in [4.78, 5) is 30.4. The first-order valence-electron chi connectivity index (χ1n) is 9.97. The third-order valence-electron chi connectivity index (χ3n) is 5.77. The molecular formula is C20H28BrN3O4. The largest absolute Gasteiger partial charge is 0.481 e. The maximum Gasteiger partial charge on any atom is 0.341 e. The lowest BCUT2D eigenvalue weighted by molar-refractivity contribution is -0.143. The van der Waals surface area contributed by atoms with E-state index < -0.39 is 17.9 Å². The van der Waals surface area contributed by atoms with Crippen molar-refractivity contribution >= 4 is 33.7 Å². The average molecular weight is 454 g/mol. The second-order valence-electron chi connectivity index (χ2n) is 7.66. The zero-order valence-electron chi connectivity index (χ0n) is 16.2. The quantitative estimate of drug-likeness (QED) is 0.522. The molecule has 1 aliphatic heterocycles. The molecule has 2 aliphatic rings. The van der Waals surface area contributed by atoms with E-state index in [1.807, 2.05) is 4.90 Å². The number of piperidine rings is 1. The number of aliphatic carboxylic acids is 1. The van der Waals surface area contributed by atoms with Crippen LogP contribution in [0.15, 0.2) is 16.7 Å². The van der Waals surface area contributed by atoms with Crippen molar-refractivity contribution in [2.75, 3.05) is 25.1 Å². The van der Waals surface area contributed by atoms with Crippen molar-refractivity contribution in [2.45, 2.75) is 57.0 Å². The van der Waals surface area contributed by atoms with E-state index in [0.29, 0.717) is 41.4 Å².